The molecule has 0 aliphatic heterocycles. The highest BCUT2D eigenvalue weighted by molar-refractivity contribution is 5.93. The normalized spacial score (nSPS) is 12.6. The average Bonchev–Trinajstić information content (AvgIpc) is 3.35. The van der Waals surface area contributed by atoms with Crippen LogP contribution in [-0.4, -0.2) is 40.0 Å². The molecule has 6 nitrogen and oxygen atoms in total. The highest BCUT2D eigenvalue weighted by Gasteiger charge is 2.25. The number of nitrogens with zero attached hydrogens (tertiary/aromatic N) is 4. The Hall–Kier alpha value is -4.11. The molecule has 3 aromatic carbocycles. The highest BCUT2D eigenvalue weighted by Crippen LogP contribution is 2.24. The lowest BCUT2D eigenvalue weighted by Gasteiger charge is -2.33. The summed E-state index contributed by atoms with van der Waals surface area (Å²) in [5.74, 6) is 1.12. The van der Waals surface area contributed by atoms with Gasteiger partial charge in [-0.2, -0.15) is 5.26 Å². The number of amides is 1. The monoisotopic (exact) mass is 479 g/mol. The van der Waals surface area contributed by atoms with Crippen molar-refractivity contribution in [3.05, 3.63) is 96.1 Å². The minimum absolute atomic E-state index is 0.0448. The molecule has 6 heteroatoms. The second kappa shape index (κ2) is 11.5. The highest BCUT2D eigenvalue weighted by atomic mass is 16.2. The summed E-state index contributed by atoms with van der Waals surface area (Å²) >= 11 is 0. The Morgan fingerprint density at radius 2 is 1.86 bits per heavy atom. The number of imidazole rings is 1. The second-order valence-electron chi connectivity index (χ2n) is 9.32. The van der Waals surface area contributed by atoms with Crippen molar-refractivity contribution < 1.29 is 4.79 Å². The largest absolute Gasteiger partial charge is 0.382 e. The first-order chi connectivity index (χ1) is 17.5. The molecule has 1 aromatic heterocycles. The standard InChI is InChI=1S/C30H33N5O/c1-4-22(2)28(20-33-27-11-7-9-25-8-5-6-10-26(25)27)34(3)30(36)18-29-32-16-17-35(29)21-24-14-12-23(19-31)13-15-24/h5-17,22,28,33H,4,18,20-21H2,1-3H3/t22-,28+/m0/s1. The van der Waals surface area contributed by atoms with E-state index >= 15 is 0 Å². The molecule has 184 valence electrons. The smallest absolute Gasteiger partial charge is 0.230 e. The zero-order chi connectivity index (χ0) is 25.5. The molecule has 36 heavy (non-hydrogen) atoms. The van der Waals surface area contributed by atoms with E-state index < -0.39 is 0 Å². The Kier molecular flexibility index (Phi) is 8.02. The van der Waals surface area contributed by atoms with E-state index in [9.17, 15) is 4.79 Å². The minimum Gasteiger partial charge on any atom is -0.382 e. The van der Waals surface area contributed by atoms with Crippen molar-refractivity contribution in [2.75, 3.05) is 18.9 Å². The lowest BCUT2D eigenvalue weighted by molar-refractivity contribution is -0.132. The van der Waals surface area contributed by atoms with Gasteiger partial charge in [0.1, 0.15) is 5.82 Å². The third-order valence-electron chi connectivity index (χ3n) is 7.03. The summed E-state index contributed by atoms with van der Waals surface area (Å²) in [6, 6.07) is 24.3. The van der Waals surface area contributed by atoms with E-state index in [0.29, 0.717) is 24.6 Å². The number of carbonyl (C=O) groups is 1. The molecule has 4 aromatic rings. The van der Waals surface area contributed by atoms with Crippen molar-refractivity contribution in [1.82, 2.24) is 14.5 Å². The fourth-order valence-electron chi connectivity index (χ4n) is 4.56. The van der Waals surface area contributed by atoms with Crippen molar-refractivity contribution in [2.45, 2.75) is 39.3 Å². The molecule has 0 aliphatic rings. The number of carbonyl (C=O) groups excluding carboxylic acids is 1. The summed E-state index contributed by atoms with van der Waals surface area (Å²) in [5, 5.41) is 15.0. The molecular weight excluding hydrogens is 446 g/mol. The molecule has 0 saturated carbocycles. The lowest BCUT2D eigenvalue weighted by Crippen LogP contribution is -2.46. The molecule has 0 aliphatic carbocycles. The van der Waals surface area contributed by atoms with Gasteiger partial charge in [-0.15, -0.1) is 0 Å². The van der Waals surface area contributed by atoms with Crippen LogP contribution in [0.3, 0.4) is 0 Å². The molecule has 1 amide bonds. The summed E-state index contributed by atoms with van der Waals surface area (Å²) < 4.78 is 2.00. The van der Waals surface area contributed by atoms with E-state index in [4.69, 9.17) is 5.26 Å². The number of rotatable bonds is 10. The van der Waals surface area contributed by atoms with Gasteiger partial charge in [0.2, 0.25) is 5.91 Å². The fourth-order valence-corrected chi connectivity index (χ4v) is 4.56. The number of hydrogen-bond donors (Lipinski definition) is 1. The van der Waals surface area contributed by atoms with Gasteiger partial charge in [-0.3, -0.25) is 4.79 Å². The summed E-state index contributed by atoms with van der Waals surface area (Å²) in [6.45, 7) is 5.64. The lowest BCUT2D eigenvalue weighted by atomic mass is 9.97. The summed E-state index contributed by atoms with van der Waals surface area (Å²) in [5.41, 5.74) is 2.78. The van der Waals surface area contributed by atoms with Crippen LogP contribution in [0.25, 0.3) is 10.8 Å². The van der Waals surface area contributed by atoms with Gasteiger partial charge in [-0.1, -0.05) is 68.8 Å². The molecule has 4 rings (SSSR count). The maximum absolute atomic E-state index is 13.4. The zero-order valence-electron chi connectivity index (χ0n) is 21.2. The Labute approximate surface area is 213 Å². The molecule has 0 radical (unpaired) electrons. The summed E-state index contributed by atoms with van der Waals surface area (Å²) in [6.07, 6.45) is 4.85. The number of anilines is 1. The second-order valence-corrected chi connectivity index (χ2v) is 9.32. The summed E-state index contributed by atoms with van der Waals surface area (Å²) in [4.78, 5) is 19.7. The SMILES string of the molecule is CC[C@H](C)[C@@H](CNc1cccc2ccccc12)N(C)C(=O)Cc1nccn1Cc1ccc(C#N)cc1. The number of likely N-dealkylation sites (N-methyl/N-ethyl adjacent to an activating group) is 1. The molecule has 0 bridgehead atoms. The first-order valence-corrected chi connectivity index (χ1v) is 12.5. The molecule has 0 unspecified atom stereocenters. The van der Waals surface area contributed by atoms with E-state index in [1.54, 1.807) is 6.20 Å². The number of nitriles is 1. The number of hydrogen-bond acceptors (Lipinski definition) is 4. The van der Waals surface area contributed by atoms with Gasteiger partial charge in [-0.05, 0) is 35.1 Å². The van der Waals surface area contributed by atoms with Gasteiger partial charge >= 0.3 is 0 Å². The Morgan fingerprint density at radius 1 is 1.11 bits per heavy atom. The molecule has 0 fully saturated rings. The minimum atomic E-state index is 0.0448. The predicted octanol–water partition coefficient (Wildman–Crippen LogP) is 5.48. The quantitative estimate of drug-likeness (QED) is 0.327. The Morgan fingerprint density at radius 3 is 2.61 bits per heavy atom. The maximum atomic E-state index is 13.4. The average molecular weight is 480 g/mol. The van der Waals surface area contributed by atoms with Gasteiger partial charge < -0.3 is 14.8 Å². The van der Waals surface area contributed by atoms with Crippen molar-refractivity contribution in [3.63, 3.8) is 0 Å². The fraction of sp³-hybridized carbons (Fsp3) is 0.300. The topological polar surface area (TPSA) is 74.0 Å². The van der Waals surface area contributed by atoms with Crippen molar-refractivity contribution >= 4 is 22.4 Å². The third-order valence-corrected chi connectivity index (χ3v) is 7.03. The first-order valence-electron chi connectivity index (χ1n) is 12.5. The third kappa shape index (κ3) is 5.75. The van der Waals surface area contributed by atoms with Crippen LogP contribution in [0, 0.1) is 17.2 Å². The van der Waals surface area contributed by atoms with Crippen molar-refractivity contribution in [2.24, 2.45) is 5.92 Å². The molecule has 0 saturated heterocycles. The molecular formula is C30H33N5O. The van der Waals surface area contributed by atoms with Crippen LogP contribution in [0.5, 0.6) is 0 Å². The number of aromatic nitrogens is 2. The van der Waals surface area contributed by atoms with E-state index in [2.05, 4.69) is 66.6 Å². The van der Waals surface area contributed by atoms with Crippen LogP contribution >= 0.6 is 0 Å². The van der Waals surface area contributed by atoms with Crippen LogP contribution in [0.15, 0.2) is 79.1 Å². The zero-order valence-corrected chi connectivity index (χ0v) is 21.2. The van der Waals surface area contributed by atoms with Crippen molar-refractivity contribution in [1.29, 1.82) is 5.26 Å². The Bertz CT molecular complexity index is 1350. The molecule has 0 spiro atoms. The van der Waals surface area contributed by atoms with Gasteiger partial charge in [0.15, 0.2) is 0 Å². The molecule has 1 heterocycles. The van der Waals surface area contributed by atoms with Crippen LogP contribution in [0.4, 0.5) is 5.69 Å². The Balaban J connectivity index is 1.45. The summed E-state index contributed by atoms with van der Waals surface area (Å²) in [7, 11) is 1.90. The van der Waals surface area contributed by atoms with Gasteiger partial charge in [0, 0.05) is 43.6 Å². The molecule has 2 atom stereocenters. The van der Waals surface area contributed by atoms with Crippen LogP contribution < -0.4 is 5.32 Å². The number of fused-ring (bicyclic) bond motifs is 1. The van der Waals surface area contributed by atoms with Gasteiger partial charge in [-0.25, -0.2) is 4.98 Å². The number of benzene rings is 3. The van der Waals surface area contributed by atoms with Crippen LogP contribution in [-0.2, 0) is 17.8 Å². The predicted molar refractivity (Wildman–Crippen MR) is 145 cm³/mol. The van der Waals surface area contributed by atoms with E-state index in [0.717, 1.165) is 23.5 Å². The van der Waals surface area contributed by atoms with E-state index in [1.165, 1.54) is 10.8 Å². The number of nitrogens with one attached hydrogen (secondary N) is 1. The van der Waals surface area contributed by atoms with Crippen molar-refractivity contribution in [3.8, 4) is 6.07 Å². The first kappa shape index (κ1) is 25.0. The van der Waals surface area contributed by atoms with E-state index in [-0.39, 0.29) is 18.4 Å². The van der Waals surface area contributed by atoms with E-state index in [1.807, 2.05) is 53.0 Å². The van der Waals surface area contributed by atoms with Gasteiger partial charge in [0.05, 0.1) is 24.1 Å². The molecule has 1 N–H and O–H groups in total. The van der Waals surface area contributed by atoms with Crippen LogP contribution in [0.2, 0.25) is 0 Å². The van der Waals surface area contributed by atoms with Crippen LogP contribution in [0.1, 0.15) is 37.2 Å². The maximum Gasteiger partial charge on any atom is 0.230 e. The van der Waals surface area contributed by atoms with Gasteiger partial charge in [0.25, 0.3) is 0 Å².